The van der Waals surface area contributed by atoms with Gasteiger partial charge in [-0.3, -0.25) is 5.43 Å². The summed E-state index contributed by atoms with van der Waals surface area (Å²) in [4.78, 5) is 0. The van der Waals surface area contributed by atoms with Crippen LogP contribution in [0.2, 0.25) is 0 Å². The van der Waals surface area contributed by atoms with E-state index in [1.54, 1.807) is 6.21 Å². The van der Waals surface area contributed by atoms with Gasteiger partial charge in [-0.05, 0) is 97.5 Å². The molecule has 0 atom stereocenters. The van der Waals surface area contributed by atoms with Crippen LogP contribution in [0.25, 0.3) is 5.69 Å². The molecule has 0 aliphatic carbocycles. The summed E-state index contributed by atoms with van der Waals surface area (Å²) in [6.45, 7) is 6.33. The highest BCUT2D eigenvalue weighted by Gasteiger charge is 2.10. The lowest BCUT2D eigenvalue weighted by Crippen LogP contribution is -2.23. The molecule has 3 aromatic rings. The van der Waals surface area contributed by atoms with E-state index in [4.69, 9.17) is 12.2 Å². The second-order valence-corrected chi connectivity index (χ2v) is 7.86. The molecule has 1 heterocycles. The molecule has 2 aromatic carbocycles. The molecule has 6 heteroatoms. The molecule has 2 N–H and O–H groups in total. The van der Waals surface area contributed by atoms with Crippen LogP contribution in [0.1, 0.15) is 22.5 Å². The van der Waals surface area contributed by atoms with Gasteiger partial charge in [0.2, 0.25) is 0 Å². The highest BCUT2D eigenvalue weighted by molar-refractivity contribution is 14.1. The molecule has 0 bridgehead atoms. The van der Waals surface area contributed by atoms with Gasteiger partial charge in [0.15, 0.2) is 5.11 Å². The van der Waals surface area contributed by atoms with Crippen molar-refractivity contribution in [3.63, 3.8) is 0 Å². The lowest BCUT2D eigenvalue weighted by atomic mass is 10.2. The lowest BCUT2D eigenvalue weighted by Gasteiger charge is -2.11. The van der Waals surface area contributed by atoms with Gasteiger partial charge in [0.1, 0.15) is 0 Å². The van der Waals surface area contributed by atoms with Gasteiger partial charge in [-0.2, -0.15) is 5.10 Å². The van der Waals surface area contributed by atoms with E-state index >= 15 is 0 Å². The Morgan fingerprint density at radius 3 is 2.52 bits per heavy atom. The predicted octanol–water partition coefficient (Wildman–Crippen LogP) is 5.33. The van der Waals surface area contributed by atoms with Crippen molar-refractivity contribution in [3.8, 4) is 5.69 Å². The van der Waals surface area contributed by atoms with E-state index in [1.807, 2.05) is 30.3 Å². The first-order valence-corrected chi connectivity index (χ1v) is 10.0. The zero-order valence-electron chi connectivity index (χ0n) is 15.5. The van der Waals surface area contributed by atoms with Crippen molar-refractivity contribution in [1.29, 1.82) is 0 Å². The molecule has 27 heavy (non-hydrogen) atoms. The van der Waals surface area contributed by atoms with Gasteiger partial charge in [-0.15, -0.1) is 0 Å². The number of nitrogens with one attached hydrogen (secondary N) is 2. The molecule has 138 valence electrons. The quantitative estimate of drug-likeness (QED) is 0.226. The molecule has 0 unspecified atom stereocenters. The van der Waals surface area contributed by atoms with Crippen molar-refractivity contribution in [2.45, 2.75) is 20.8 Å². The molecule has 0 amide bonds. The van der Waals surface area contributed by atoms with Crippen molar-refractivity contribution < 1.29 is 0 Å². The molecular formula is C21H21IN4S. The molecule has 0 saturated carbocycles. The first-order valence-electron chi connectivity index (χ1n) is 8.56. The lowest BCUT2D eigenvalue weighted by molar-refractivity contribution is 0.961. The Labute approximate surface area is 178 Å². The topological polar surface area (TPSA) is 41.4 Å². The Morgan fingerprint density at radius 1 is 1.07 bits per heavy atom. The molecule has 0 radical (unpaired) electrons. The maximum absolute atomic E-state index is 5.28. The van der Waals surface area contributed by atoms with Crippen LogP contribution in [-0.4, -0.2) is 15.9 Å². The predicted molar refractivity (Wildman–Crippen MR) is 126 cm³/mol. The summed E-state index contributed by atoms with van der Waals surface area (Å²) in [5.74, 6) is 0. The number of hydrazone groups is 1. The monoisotopic (exact) mass is 488 g/mol. The standard InChI is InChI=1S/C21H21IN4S/c1-14-11-19(9-10-20(14)22)26-15(2)12-17(16(26)3)13-23-25-21(27)24-18-7-5-4-6-8-18/h4-13H,1-3H3,(H2,24,25,27). The van der Waals surface area contributed by atoms with Crippen molar-refractivity contribution in [2.24, 2.45) is 5.10 Å². The van der Waals surface area contributed by atoms with Crippen LogP contribution in [0, 0.1) is 24.3 Å². The molecule has 1 aromatic heterocycles. The number of halogens is 1. The number of anilines is 1. The van der Waals surface area contributed by atoms with Gasteiger partial charge in [0, 0.05) is 31.9 Å². The highest BCUT2D eigenvalue weighted by atomic mass is 127. The van der Waals surface area contributed by atoms with Gasteiger partial charge in [0.05, 0.1) is 6.21 Å². The molecule has 0 fully saturated rings. The normalized spacial score (nSPS) is 11.0. The summed E-state index contributed by atoms with van der Waals surface area (Å²) in [5, 5.41) is 7.84. The fourth-order valence-corrected chi connectivity index (χ4v) is 3.43. The molecule has 0 spiro atoms. The van der Waals surface area contributed by atoms with E-state index in [2.05, 4.69) is 88.0 Å². The van der Waals surface area contributed by atoms with Crippen LogP contribution >= 0.6 is 34.8 Å². The SMILES string of the molecule is Cc1cc(-n2c(C)cc(C=NNC(=S)Nc3ccccc3)c2C)ccc1I. The number of thiocarbonyl (C=S) groups is 1. The summed E-state index contributed by atoms with van der Waals surface area (Å²) in [5.41, 5.74) is 9.60. The molecular weight excluding hydrogens is 467 g/mol. The summed E-state index contributed by atoms with van der Waals surface area (Å²) in [7, 11) is 0. The molecule has 4 nitrogen and oxygen atoms in total. The number of benzene rings is 2. The summed E-state index contributed by atoms with van der Waals surface area (Å²) < 4.78 is 3.51. The summed E-state index contributed by atoms with van der Waals surface area (Å²) in [6.07, 6.45) is 1.80. The first-order chi connectivity index (χ1) is 13.0. The minimum Gasteiger partial charge on any atom is -0.331 e. The number of hydrogen-bond acceptors (Lipinski definition) is 2. The van der Waals surface area contributed by atoms with E-state index in [0.717, 1.165) is 22.6 Å². The summed E-state index contributed by atoms with van der Waals surface area (Å²) in [6, 6.07) is 18.4. The Morgan fingerprint density at radius 2 is 1.81 bits per heavy atom. The Kier molecular flexibility index (Phi) is 6.28. The van der Waals surface area contributed by atoms with Crippen LogP contribution in [0.4, 0.5) is 5.69 Å². The summed E-state index contributed by atoms with van der Waals surface area (Å²) >= 11 is 7.63. The minimum atomic E-state index is 0.458. The van der Waals surface area contributed by atoms with Crippen molar-refractivity contribution in [1.82, 2.24) is 9.99 Å². The number of para-hydroxylation sites is 1. The van der Waals surface area contributed by atoms with Crippen molar-refractivity contribution in [2.75, 3.05) is 5.32 Å². The van der Waals surface area contributed by atoms with Crippen LogP contribution in [0.15, 0.2) is 59.7 Å². The fourth-order valence-electron chi connectivity index (χ4n) is 2.92. The van der Waals surface area contributed by atoms with E-state index in [0.29, 0.717) is 5.11 Å². The second kappa shape index (κ2) is 8.67. The van der Waals surface area contributed by atoms with Crippen molar-refractivity contribution in [3.05, 3.63) is 80.7 Å². The zero-order chi connectivity index (χ0) is 19.4. The minimum absolute atomic E-state index is 0.458. The van der Waals surface area contributed by atoms with Gasteiger partial charge >= 0.3 is 0 Å². The van der Waals surface area contributed by atoms with Crippen molar-refractivity contribution >= 4 is 51.8 Å². The average molecular weight is 488 g/mol. The Balaban J connectivity index is 1.73. The molecule has 0 saturated heterocycles. The molecule has 0 aliphatic rings. The smallest absolute Gasteiger partial charge is 0.191 e. The largest absolute Gasteiger partial charge is 0.331 e. The zero-order valence-corrected chi connectivity index (χ0v) is 18.4. The van der Waals surface area contributed by atoms with Gasteiger partial charge in [-0.1, -0.05) is 18.2 Å². The maximum atomic E-state index is 5.28. The van der Waals surface area contributed by atoms with E-state index in [9.17, 15) is 0 Å². The van der Waals surface area contributed by atoms with Crippen LogP contribution in [-0.2, 0) is 0 Å². The van der Waals surface area contributed by atoms with E-state index in [1.165, 1.54) is 14.8 Å². The number of aromatic nitrogens is 1. The van der Waals surface area contributed by atoms with Gasteiger partial charge < -0.3 is 9.88 Å². The first kappa shape index (κ1) is 19.6. The molecule has 3 rings (SSSR count). The van der Waals surface area contributed by atoms with Crippen LogP contribution in [0.5, 0.6) is 0 Å². The highest BCUT2D eigenvalue weighted by Crippen LogP contribution is 2.22. The third-order valence-electron chi connectivity index (χ3n) is 4.27. The number of rotatable bonds is 4. The fraction of sp³-hybridized carbons (Fsp3) is 0.143. The van der Waals surface area contributed by atoms with E-state index < -0.39 is 0 Å². The third-order valence-corrected chi connectivity index (χ3v) is 5.68. The second-order valence-electron chi connectivity index (χ2n) is 6.29. The van der Waals surface area contributed by atoms with Gasteiger partial charge in [-0.25, -0.2) is 0 Å². The maximum Gasteiger partial charge on any atom is 0.191 e. The average Bonchev–Trinajstić information content (AvgIpc) is 2.92. The van der Waals surface area contributed by atoms with Crippen LogP contribution < -0.4 is 10.7 Å². The Bertz CT molecular complexity index is 993. The van der Waals surface area contributed by atoms with Gasteiger partial charge in [0.25, 0.3) is 0 Å². The number of hydrogen-bond donors (Lipinski definition) is 2. The third kappa shape index (κ3) is 4.75. The number of nitrogens with zero attached hydrogens (tertiary/aromatic N) is 2. The van der Waals surface area contributed by atoms with Crippen LogP contribution in [0.3, 0.4) is 0 Å². The molecule has 0 aliphatic heterocycles. The Hall–Kier alpha value is -2.19. The number of aryl methyl sites for hydroxylation is 2. The van der Waals surface area contributed by atoms with E-state index in [-0.39, 0.29) is 0 Å².